The van der Waals surface area contributed by atoms with Crippen LogP contribution in [-0.4, -0.2) is 61.1 Å². The highest BCUT2D eigenvalue weighted by Crippen LogP contribution is 2.15. The molecule has 22 heavy (non-hydrogen) atoms. The normalized spacial score (nSPS) is 21.4. The zero-order chi connectivity index (χ0) is 16.3. The zero-order valence-corrected chi connectivity index (χ0v) is 13.5. The van der Waals surface area contributed by atoms with E-state index in [9.17, 15) is 9.59 Å². The molecule has 0 aromatic heterocycles. The Kier molecular flexibility index (Phi) is 5.03. The van der Waals surface area contributed by atoms with E-state index in [0.717, 1.165) is 0 Å². The summed E-state index contributed by atoms with van der Waals surface area (Å²) in [7, 11) is 3.40. The van der Waals surface area contributed by atoms with Gasteiger partial charge in [-0.05, 0) is 32.0 Å². The minimum atomic E-state index is -0.170. The van der Waals surface area contributed by atoms with Gasteiger partial charge in [0.05, 0.1) is 12.2 Å². The molecular formula is C16H23N3O3. The molecule has 0 spiro atoms. The first kappa shape index (κ1) is 16.3. The van der Waals surface area contributed by atoms with Crippen molar-refractivity contribution in [3.63, 3.8) is 0 Å². The molecule has 6 nitrogen and oxygen atoms in total. The lowest BCUT2D eigenvalue weighted by Crippen LogP contribution is -2.49. The lowest BCUT2D eigenvalue weighted by Gasteiger charge is -2.35. The van der Waals surface area contributed by atoms with E-state index in [-0.39, 0.29) is 24.1 Å². The number of morpholine rings is 1. The molecule has 1 N–H and O–H groups in total. The molecule has 1 heterocycles. The van der Waals surface area contributed by atoms with Gasteiger partial charge in [0.2, 0.25) is 0 Å². The molecule has 1 saturated heterocycles. The number of rotatable bonds is 2. The lowest BCUT2D eigenvalue weighted by molar-refractivity contribution is -0.0530. The van der Waals surface area contributed by atoms with Crippen LogP contribution in [0.3, 0.4) is 0 Å². The van der Waals surface area contributed by atoms with E-state index >= 15 is 0 Å². The monoisotopic (exact) mass is 305 g/mol. The summed E-state index contributed by atoms with van der Waals surface area (Å²) >= 11 is 0. The molecule has 1 aliphatic rings. The fourth-order valence-electron chi connectivity index (χ4n) is 2.53. The van der Waals surface area contributed by atoms with Crippen LogP contribution in [0.2, 0.25) is 0 Å². The number of anilines is 1. The number of hydrogen-bond acceptors (Lipinski definition) is 3. The van der Waals surface area contributed by atoms with Crippen molar-refractivity contribution >= 4 is 17.6 Å². The van der Waals surface area contributed by atoms with Crippen molar-refractivity contribution in [1.82, 2.24) is 9.80 Å². The van der Waals surface area contributed by atoms with E-state index in [4.69, 9.17) is 4.74 Å². The predicted molar refractivity (Wildman–Crippen MR) is 85.1 cm³/mol. The van der Waals surface area contributed by atoms with Crippen LogP contribution in [0.1, 0.15) is 24.2 Å². The molecule has 1 fully saturated rings. The molecule has 1 aliphatic heterocycles. The van der Waals surface area contributed by atoms with Gasteiger partial charge in [-0.1, -0.05) is 6.07 Å². The maximum Gasteiger partial charge on any atom is 0.322 e. The molecule has 0 saturated carbocycles. The maximum absolute atomic E-state index is 12.3. The Hall–Kier alpha value is -2.08. The van der Waals surface area contributed by atoms with E-state index in [1.165, 1.54) is 4.90 Å². The summed E-state index contributed by atoms with van der Waals surface area (Å²) in [6.45, 7) is 5.03. The van der Waals surface area contributed by atoms with Gasteiger partial charge in [-0.3, -0.25) is 4.79 Å². The SMILES string of the molecule is C[C@@H]1CN(C(=O)Nc2cccc(C(=O)N(C)C)c2)C[C@H](C)O1. The van der Waals surface area contributed by atoms with Crippen LogP contribution in [0, 0.1) is 0 Å². The molecule has 3 amide bonds. The second-order valence-electron chi connectivity index (χ2n) is 5.87. The van der Waals surface area contributed by atoms with Gasteiger partial charge in [0.1, 0.15) is 0 Å². The number of urea groups is 1. The van der Waals surface area contributed by atoms with Crippen LogP contribution in [-0.2, 0) is 4.74 Å². The van der Waals surface area contributed by atoms with Gasteiger partial charge in [-0.15, -0.1) is 0 Å². The molecule has 6 heteroatoms. The molecule has 0 radical (unpaired) electrons. The molecule has 2 atom stereocenters. The Bertz CT molecular complexity index is 549. The van der Waals surface area contributed by atoms with Gasteiger partial charge in [0.15, 0.2) is 0 Å². The Morgan fingerprint density at radius 1 is 1.23 bits per heavy atom. The average molecular weight is 305 g/mol. The standard InChI is InChI=1S/C16H23N3O3/c1-11-9-19(10-12(2)22-11)16(21)17-14-7-5-6-13(8-14)15(20)18(3)4/h5-8,11-12H,9-10H2,1-4H3,(H,17,21)/t11-,12+. The third kappa shape index (κ3) is 3.98. The van der Waals surface area contributed by atoms with Gasteiger partial charge >= 0.3 is 6.03 Å². The second kappa shape index (κ2) is 6.79. The number of ether oxygens (including phenoxy) is 1. The predicted octanol–water partition coefficient (Wildman–Crippen LogP) is 2.03. The molecule has 0 aliphatic carbocycles. The van der Waals surface area contributed by atoms with Crippen molar-refractivity contribution in [2.24, 2.45) is 0 Å². The van der Waals surface area contributed by atoms with E-state index in [1.54, 1.807) is 43.3 Å². The Morgan fingerprint density at radius 2 is 1.86 bits per heavy atom. The summed E-state index contributed by atoms with van der Waals surface area (Å²) in [4.78, 5) is 27.5. The van der Waals surface area contributed by atoms with Crippen LogP contribution >= 0.6 is 0 Å². The first-order chi connectivity index (χ1) is 10.4. The molecule has 2 rings (SSSR count). The van der Waals surface area contributed by atoms with Gasteiger partial charge in [0.25, 0.3) is 5.91 Å². The molecule has 120 valence electrons. The third-order valence-corrected chi connectivity index (χ3v) is 3.47. The van der Waals surface area contributed by atoms with Crippen LogP contribution in [0.5, 0.6) is 0 Å². The van der Waals surface area contributed by atoms with Crippen LogP contribution in [0.25, 0.3) is 0 Å². The molecule has 0 unspecified atom stereocenters. The van der Waals surface area contributed by atoms with E-state index in [0.29, 0.717) is 24.3 Å². The number of carbonyl (C=O) groups is 2. The highest BCUT2D eigenvalue weighted by atomic mass is 16.5. The molecule has 1 aromatic rings. The molecule has 1 aromatic carbocycles. The number of amides is 3. The minimum Gasteiger partial charge on any atom is -0.372 e. The van der Waals surface area contributed by atoms with Gasteiger partial charge in [0, 0.05) is 38.4 Å². The van der Waals surface area contributed by atoms with Crippen LogP contribution in [0.15, 0.2) is 24.3 Å². The minimum absolute atomic E-state index is 0.0242. The fourth-order valence-corrected chi connectivity index (χ4v) is 2.53. The average Bonchev–Trinajstić information content (AvgIpc) is 2.45. The highest BCUT2D eigenvalue weighted by Gasteiger charge is 2.25. The summed E-state index contributed by atoms with van der Waals surface area (Å²) in [5.74, 6) is -0.0929. The fraction of sp³-hybridized carbons (Fsp3) is 0.500. The van der Waals surface area contributed by atoms with Crippen molar-refractivity contribution in [2.75, 3.05) is 32.5 Å². The summed E-state index contributed by atoms with van der Waals surface area (Å²) in [6.07, 6.45) is 0.0484. The van der Waals surface area contributed by atoms with Gasteiger partial charge in [-0.25, -0.2) is 4.79 Å². The quantitative estimate of drug-likeness (QED) is 0.909. The topological polar surface area (TPSA) is 61.9 Å². The van der Waals surface area contributed by atoms with Crippen molar-refractivity contribution in [3.05, 3.63) is 29.8 Å². The third-order valence-electron chi connectivity index (χ3n) is 3.47. The van der Waals surface area contributed by atoms with E-state index in [1.807, 2.05) is 13.8 Å². The Labute approximate surface area is 131 Å². The first-order valence-corrected chi connectivity index (χ1v) is 7.40. The smallest absolute Gasteiger partial charge is 0.322 e. The molecule has 0 bridgehead atoms. The van der Waals surface area contributed by atoms with E-state index < -0.39 is 0 Å². The van der Waals surface area contributed by atoms with Gasteiger partial charge < -0.3 is 19.9 Å². The number of nitrogens with zero attached hydrogens (tertiary/aromatic N) is 2. The number of benzene rings is 1. The lowest BCUT2D eigenvalue weighted by atomic mass is 10.2. The Balaban J connectivity index is 2.05. The number of carbonyl (C=O) groups excluding carboxylic acids is 2. The largest absolute Gasteiger partial charge is 0.372 e. The maximum atomic E-state index is 12.3. The van der Waals surface area contributed by atoms with Crippen LogP contribution in [0.4, 0.5) is 10.5 Å². The van der Waals surface area contributed by atoms with Crippen molar-refractivity contribution in [2.45, 2.75) is 26.1 Å². The van der Waals surface area contributed by atoms with Crippen molar-refractivity contribution in [1.29, 1.82) is 0 Å². The summed E-state index contributed by atoms with van der Waals surface area (Å²) in [5.41, 5.74) is 1.16. The highest BCUT2D eigenvalue weighted by molar-refractivity contribution is 5.96. The second-order valence-corrected chi connectivity index (χ2v) is 5.87. The van der Waals surface area contributed by atoms with Crippen molar-refractivity contribution in [3.8, 4) is 0 Å². The summed E-state index contributed by atoms with van der Waals surface area (Å²) < 4.78 is 5.62. The summed E-state index contributed by atoms with van der Waals surface area (Å²) in [6, 6.07) is 6.79. The van der Waals surface area contributed by atoms with Crippen LogP contribution < -0.4 is 5.32 Å². The Morgan fingerprint density at radius 3 is 2.45 bits per heavy atom. The number of nitrogens with one attached hydrogen (secondary N) is 1. The van der Waals surface area contributed by atoms with E-state index in [2.05, 4.69) is 5.32 Å². The van der Waals surface area contributed by atoms with Gasteiger partial charge in [-0.2, -0.15) is 0 Å². The van der Waals surface area contributed by atoms with Crippen molar-refractivity contribution < 1.29 is 14.3 Å². The zero-order valence-electron chi connectivity index (χ0n) is 13.5. The number of hydrogen-bond donors (Lipinski definition) is 1. The first-order valence-electron chi connectivity index (χ1n) is 7.40. The molecular weight excluding hydrogens is 282 g/mol. The summed E-state index contributed by atoms with van der Waals surface area (Å²) in [5, 5.41) is 2.85.